The smallest absolute Gasteiger partial charge is 0.407 e. The van der Waals surface area contributed by atoms with Crippen LogP contribution in [0, 0.1) is 3.57 Å². The zero-order valence-corrected chi connectivity index (χ0v) is 12.8. The molecule has 0 unspecified atom stereocenters. The largest absolute Gasteiger partial charge is 0.492 e. The van der Waals surface area contributed by atoms with Gasteiger partial charge >= 0.3 is 6.09 Å². The first-order chi connectivity index (χ1) is 9.58. The van der Waals surface area contributed by atoms with Gasteiger partial charge in [0.2, 0.25) is 5.91 Å². The molecule has 0 aliphatic carbocycles. The first kappa shape index (κ1) is 16.3. The summed E-state index contributed by atoms with van der Waals surface area (Å²) < 4.78 is 11.3. The number of benzene rings is 1. The van der Waals surface area contributed by atoms with Crippen LogP contribution in [0.1, 0.15) is 0 Å². The van der Waals surface area contributed by atoms with Crippen LogP contribution in [0.15, 0.2) is 36.4 Å². The number of ether oxygens (including phenoxy) is 2. The maximum Gasteiger partial charge on any atom is 0.407 e. The second-order valence-electron chi connectivity index (χ2n) is 3.63. The number of alkyl carbamates (subject to hydrolysis) is 1. The summed E-state index contributed by atoms with van der Waals surface area (Å²) in [6, 6.07) is 7.58. The average molecular weight is 390 g/mol. The SMILES string of the molecule is NC(=O)/C=C/COC(=O)NCCOc1ccc(I)cc1. The molecule has 0 atom stereocenters. The summed E-state index contributed by atoms with van der Waals surface area (Å²) >= 11 is 2.21. The average Bonchev–Trinajstić information content (AvgIpc) is 2.41. The number of rotatable bonds is 7. The fraction of sp³-hybridized carbons (Fsp3) is 0.231. The lowest BCUT2D eigenvalue weighted by Gasteiger charge is -2.07. The van der Waals surface area contributed by atoms with Gasteiger partial charge in [0, 0.05) is 9.65 Å². The monoisotopic (exact) mass is 390 g/mol. The van der Waals surface area contributed by atoms with Crippen LogP contribution >= 0.6 is 22.6 Å². The van der Waals surface area contributed by atoms with Gasteiger partial charge in [0.05, 0.1) is 6.54 Å². The highest BCUT2D eigenvalue weighted by Gasteiger charge is 2.00. The van der Waals surface area contributed by atoms with Crippen molar-refractivity contribution in [2.45, 2.75) is 0 Å². The molecule has 7 heteroatoms. The van der Waals surface area contributed by atoms with Crippen molar-refractivity contribution in [1.29, 1.82) is 0 Å². The molecule has 0 fully saturated rings. The minimum Gasteiger partial charge on any atom is -0.492 e. The molecule has 2 amide bonds. The van der Waals surface area contributed by atoms with Crippen LogP contribution in [0.2, 0.25) is 0 Å². The Morgan fingerprint density at radius 1 is 1.30 bits per heavy atom. The predicted molar refractivity (Wildman–Crippen MR) is 82.3 cm³/mol. The normalized spacial score (nSPS) is 10.2. The number of hydrogen-bond donors (Lipinski definition) is 2. The number of primary amides is 1. The molecule has 0 radical (unpaired) electrons. The third-order valence-electron chi connectivity index (χ3n) is 2.05. The second kappa shape index (κ2) is 9.18. The summed E-state index contributed by atoms with van der Waals surface area (Å²) in [5, 5.41) is 2.51. The van der Waals surface area contributed by atoms with Crippen LogP contribution in [-0.2, 0) is 9.53 Å². The minimum absolute atomic E-state index is 0.00719. The molecule has 108 valence electrons. The molecule has 1 aromatic rings. The molecule has 0 heterocycles. The molecule has 0 aliphatic heterocycles. The van der Waals surface area contributed by atoms with Gasteiger partial charge in [-0.15, -0.1) is 0 Å². The lowest BCUT2D eigenvalue weighted by atomic mass is 10.3. The number of carbonyl (C=O) groups excluding carboxylic acids is 2. The molecule has 0 bridgehead atoms. The molecule has 20 heavy (non-hydrogen) atoms. The molecule has 0 aromatic heterocycles. The van der Waals surface area contributed by atoms with Crippen molar-refractivity contribution in [3.63, 3.8) is 0 Å². The van der Waals surface area contributed by atoms with Crippen molar-refractivity contribution >= 4 is 34.6 Å². The standard InChI is InChI=1S/C13H15IN2O4/c14-10-3-5-11(6-4-10)19-9-7-16-13(18)20-8-1-2-12(15)17/h1-6H,7-9H2,(H2,15,17)(H,16,18)/b2-1+. The van der Waals surface area contributed by atoms with E-state index in [4.69, 9.17) is 15.2 Å². The van der Waals surface area contributed by atoms with Crippen LogP contribution in [0.5, 0.6) is 5.75 Å². The van der Waals surface area contributed by atoms with Gasteiger partial charge in [-0.05, 0) is 52.9 Å². The Morgan fingerprint density at radius 2 is 2.00 bits per heavy atom. The van der Waals surface area contributed by atoms with E-state index >= 15 is 0 Å². The summed E-state index contributed by atoms with van der Waals surface area (Å²) in [7, 11) is 0. The van der Waals surface area contributed by atoms with E-state index in [2.05, 4.69) is 27.9 Å². The molecular weight excluding hydrogens is 375 g/mol. The van der Waals surface area contributed by atoms with Crippen LogP contribution in [0.3, 0.4) is 0 Å². The number of halogens is 1. The van der Waals surface area contributed by atoms with Crippen molar-refractivity contribution in [2.75, 3.05) is 19.8 Å². The van der Waals surface area contributed by atoms with Gasteiger partial charge in [0.1, 0.15) is 19.0 Å². The third-order valence-corrected chi connectivity index (χ3v) is 2.77. The highest BCUT2D eigenvalue weighted by atomic mass is 127. The minimum atomic E-state index is -0.583. The molecule has 6 nitrogen and oxygen atoms in total. The van der Waals surface area contributed by atoms with E-state index in [1.54, 1.807) is 0 Å². The van der Waals surface area contributed by atoms with E-state index in [9.17, 15) is 9.59 Å². The Hall–Kier alpha value is -1.77. The molecule has 0 saturated carbocycles. The Balaban J connectivity index is 2.10. The van der Waals surface area contributed by atoms with Gasteiger partial charge in [-0.2, -0.15) is 0 Å². The Morgan fingerprint density at radius 3 is 2.65 bits per heavy atom. The van der Waals surface area contributed by atoms with Crippen molar-refractivity contribution in [2.24, 2.45) is 5.73 Å². The fourth-order valence-corrected chi connectivity index (χ4v) is 1.55. The number of carbonyl (C=O) groups is 2. The van der Waals surface area contributed by atoms with E-state index in [0.29, 0.717) is 13.2 Å². The number of nitrogens with two attached hydrogens (primary N) is 1. The Labute approximate surface area is 130 Å². The van der Waals surface area contributed by atoms with Crippen molar-refractivity contribution in [3.05, 3.63) is 40.0 Å². The van der Waals surface area contributed by atoms with E-state index in [-0.39, 0.29) is 6.61 Å². The first-order valence-corrected chi connectivity index (χ1v) is 6.91. The number of amides is 2. The Kier molecular flexibility index (Phi) is 7.48. The van der Waals surface area contributed by atoms with Crippen molar-refractivity contribution in [1.82, 2.24) is 5.32 Å². The molecule has 0 saturated heterocycles. The molecule has 1 rings (SSSR count). The van der Waals surface area contributed by atoms with Crippen LogP contribution in [-0.4, -0.2) is 31.8 Å². The maximum atomic E-state index is 11.2. The summed E-state index contributed by atoms with van der Waals surface area (Å²) in [5.74, 6) is 0.157. The molecular formula is C13H15IN2O4. The van der Waals surface area contributed by atoms with Gasteiger partial charge in [-0.1, -0.05) is 0 Å². The van der Waals surface area contributed by atoms with E-state index in [1.165, 1.54) is 6.08 Å². The summed E-state index contributed by atoms with van der Waals surface area (Å²) in [6.45, 7) is 0.657. The first-order valence-electron chi connectivity index (χ1n) is 5.83. The maximum absolute atomic E-state index is 11.2. The lowest BCUT2D eigenvalue weighted by Crippen LogP contribution is -2.28. The fourth-order valence-electron chi connectivity index (χ4n) is 1.19. The summed E-state index contributed by atoms with van der Waals surface area (Å²) in [4.78, 5) is 21.6. The molecule has 1 aromatic carbocycles. The van der Waals surface area contributed by atoms with Gasteiger partial charge in [0.15, 0.2) is 0 Å². The zero-order chi connectivity index (χ0) is 14.8. The lowest BCUT2D eigenvalue weighted by molar-refractivity contribution is -0.113. The second-order valence-corrected chi connectivity index (χ2v) is 4.88. The highest BCUT2D eigenvalue weighted by Crippen LogP contribution is 2.12. The van der Waals surface area contributed by atoms with Crippen LogP contribution in [0.25, 0.3) is 0 Å². The molecule has 3 N–H and O–H groups in total. The quantitative estimate of drug-likeness (QED) is 0.419. The van der Waals surface area contributed by atoms with Crippen LogP contribution < -0.4 is 15.8 Å². The van der Waals surface area contributed by atoms with Gasteiger partial charge < -0.3 is 20.5 Å². The van der Waals surface area contributed by atoms with Crippen molar-refractivity contribution < 1.29 is 19.1 Å². The Bertz CT molecular complexity index is 474. The number of hydrogen-bond acceptors (Lipinski definition) is 4. The predicted octanol–water partition coefficient (Wildman–Crippen LogP) is 1.44. The number of nitrogens with one attached hydrogen (secondary N) is 1. The molecule has 0 aliphatic rings. The van der Waals surface area contributed by atoms with E-state index in [0.717, 1.165) is 15.4 Å². The highest BCUT2D eigenvalue weighted by molar-refractivity contribution is 14.1. The van der Waals surface area contributed by atoms with Gasteiger partial charge in [0.25, 0.3) is 0 Å². The van der Waals surface area contributed by atoms with Gasteiger partial charge in [-0.3, -0.25) is 4.79 Å². The summed E-state index contributed by atoms with van der Waals surface area (Å²) in [5.41, 5.74) is 4.87. The topological polar surface area (TPSA) is 90.7 Å². The van der Waals surface area contributed by atoms with Gasteiger partial charge in [-0.25, -0.2) is 4.79 Å². The van der Waals surface area contributed by atoms with E-state index in [1.807, 2.05) is 24.3 Å². The molecule has 0 spiro atoms. The zero-order valence-electron chi connectivity index (χ0n) is 10.7. The summed E-state index contributed by atoms with van der Waals surface area (Å²) in [6.07, 6.45) is 1.92. The van der Waals surface area contributed by atoms with Crippen molar-refractivity contribution in [3.8, 4) is 5.75 Å². The van der Waals surface area contributed by atoms with Crippen LogP contribution in [0.4, 0.5) is 4.79 Å². The van der Waals surface area contributed by atoms with E-state index < -0.39 is 12.0 Å². The third kappa shape index (κ3) is 7.62.